The standard InChI is InChI=1S/C27H33N3O5/c1-6-34-24-9-7-23(8-10-24)28-19(4)30(11-12-31)15-22-14-21-13-17(2)25(16-35-20(5)32)18(3)26(21)29-27(22)33/h7-10,13-14,28,31H,4,6,11-12,15-16H2,1-3,5H3,(H,29,33). The van der Waals surface area contributed by atoms with Crippen LogP contribution >= 0.6 is 0 Å². The van der Waals surface area contributed by atoms with Crippen LogP contribution in [0.5, 0.6) is 5.75 Å². The van der Waals surface area contributed by atoms with Gasteiger partial charge < -0.3 is 29.8 Å². The van der Waals surface area contributed by atoms with Crippen LogP contribution in [0.15, 0.2) is 53.6 Å². The van der Waals surface area contributed by atoms with Crippen molar-refractivity contribution < 1.29 is 19.4 Å². The molecular weight excluding hydrogens is 446 g/mol. The molecule has 0 radical (unpaired) electrons. The van der Waals surface area contributed by atoms with Crippen molar-refractivity contribution in [3.05, 3.63) is 81.4 Å². The summed E-state index contributed by atoms with van der Waals surface area (Å²) >= 11 is 0. The van der Waals surface area contributed by atoms with Crippen molar-refractivity contribution in [3.8, 4) is 5.75 Å². The SMILES string of the molecule is C=C(Nc1ccc(OCC)cc1)N(CCO)Cc1cc2cc(C)c(COC(C)=O)c(C)c2[nH]c1=O. The molecule has 0 spiro atoms. The second kappa shape index (κ2) is 11.6. The van der Waals surface area contributed by atoms with Crippen molar-refractivity contribution in [2.75, 3.05) is 25.1 Å². The van der Waals surface area contributed by atoms with Gasteiger partial charge in [-0.25, -0.2) is 0 Å². The molecule has 8 nitrogen and oxygen atoms in total. The van der Waals surface area contributed by atoms with Crippen molar-refractivity contribution in [3.63, 3.8) is 0 Å². The van der Waals surface area contributed by atoms with E-state index in [9.17, 15) is 14.7 Å². The first-order valence-corrected chi connectivity index (χ1v) is 11.6. The molecule has 1 heterocycles. The van der Waals surface area contributed by atoms with Crippen LogP contribution in [-0.4, -0.2) is 40.7 Å². The Morgan fingerprint density at radius 2 is 1.91 bits per heavy atom. The van der Waals surface area contributed by atoms with E-state index in [-0.39, 0.29) is 31.3 Å². The van der Waals surface area contributed by atoms with Gasteiger partial charge in [0.05, 0.1) is 24.6 Å². The van der Waals surface area contributed by atoms with E-state index >= 15 is 0 Å². The van der Waals surface area contributed by atoms with Crippen LogP contribution in [0.2, 0.25) is 0 Å². The van der Waals surface area contributed by atoms with Gasteiger partial charge in [-0.15, -0.1) is 0 Å². The summed E-state index contributed by atoms with van der Waals surface area (Å²) in [6.07, 6.45) is 0. The van der Waals surface area contributed by atoms with Gasteiger partial charge in [-0.2, -0.15) is 0 Å². The Morgan fingerprint density at radius 3 is 2.54 bits per heavy atom. The number of aliphatic hydroxyl groups is 1. The summed E-state index contributed by atoms with van der Waals surface area (Å²) in [6, 6.07) is 11.3. The molecule has 3 aromatic rings. The molecule has 0 saturated heterocycles. The normalized spacial score (nSPS) is 10.8. The van der Waals surface area contributed by atoms with Crippen molar-refractivity contribution in [2.45, 2.75) is 40.8 Å². The van der Waals surface area contributed by atoms with Gasteiger partial charge >= 0.3 is 5.97 Å². The predicted octanol–water partition coefficient (Wildman–Crippen LogP) is 3.98. The molecule has 0 bridgehead atoms. The lowest BCUT2D eigenvalue weighted by atomic mass is 9.98. The number of rotatable bonds is 11. The minimum absolute atomic E-state index is 0.0901. The van der Waals surface area contributed by atoms with E-state index in [1.54, 1.807) is 0 Å². The van der Waals surface area contributed by atoms with Crippen LogP contribution in [0.1, 0.15) is 36.1 Å². The van der Waals surface area contributed by atoms with Crippen molar-refractivity contribution in [2.24, 2.45) is 0 Å². The van der Waals surface area contributed by atoms with Gasteiger partial charge in [0.2, 0.25) is 0 Å². The van der Waals surface area contributed by atoms with Crippen LogP contribution in [0, 0.1) is 13.8 Å². The van der Waals surface area contributed by atoms with Gasteiger partial charge in [-0.1, -0.05) is 6.58 Å². The zero-order valence-corrected chi connectivity index (χ0v) is 20.7. The Balaban J connectivity index is 1.85. The number of nitrogens with one attached hydrogen (secondary N) is 2. The Hall–Kier alpha value is -3.78. The smallest absolute Gasteiger partial charge is 0.302 e. The number of fused-ring (bicyclic) bond motifs is 1. The fourth-order valence-electron chi connectivity index (χ4n) is 3.98. The number of hydrogen-bond donors (Lipinski definition) is 3. The molecule has 1 aromatic heterocycles. The predicted molar refractivity (Wildman–Crippen MR) is 137 cm³/mol. The van der Waals surface area contributed by atoms with Crippen LogP contribution in [-0.2, 0) is 22.7 Å². The number of pyridine rings is 1. The van der Waals surface area contributed by atoms with Gasteiger partial charge in [-0.05, 0) is 79.2 Å². The third kappa shape index (κ3) is 6.42. The maximum absolute atomic E-state index is 13.0. The third-order valence-corrected chi connectivity index (χ3v) is 5.81. The number of aliphatic hydroxyl groups excluding tert-OH is 1. The molecule has 0 atom stereocenters. The monoisotopic (exact) mass is 479 g/mol. The Bertz CT molecular complexity index is 1260. The molecule has 35 heavy (non-hydrogen) atoms. The number of esters is 1. The summed E-state index contributed by atoms with van der Waals surface area (Å²) in [5.41, 5.74) is 4.59. The van der Waals surface area contributed by atoms with E-state index in [4.69, 9.17) is 9.47 Å². The van der Waals surface area contributed by atoms with Gasteiger partial charge in [0, 0.05) is 31.3 Å². The van der Waals surface area contributed by atoms with Crippen LogP contribution in [0.25, 0.3) is 10.9 Å². The number of H-pyrrole nitrogens is 1. The number of hydrogen-bond acceptors (Lipinski definition) is 7. The van der Waals surface area contributed by atoms with E-state index in [1.165, 1.54) is 6.92 Å². The summed E-state index contributed by atoms with van der Waals surface area (Å²) in [5, 5.41) is 13.7. The van der Waals surface area contributed by atoms with Gasteiger partial charge in [0.1, 0.15) is 12.4 Å². The van der Waals surface area contributed by atoms with Crippen molar-refractivity contribution >= 4 is 22.6 Å². The van der Waals surface area contributed by atoms with E-state index in [2.05, 4.69) is 16.9 Å². The quantitative estimate of drug-likeness (QED) is 0.357. The van der Waals surface area contributed by atoms with E-state index in [0.717, 1.165) is 33.5 Å². The summed E-state index contributed by atoms with van der Waals surface area (Å²) < 4.78 is 10.7. The molecule has 3 N–H and O–H groups in total. The molecule has 0 fully saturated rings. The lowest BCUT2D eigenvalue weighted by molar-refractivity contribution is -0.142. The number of aromatic amines is 1. The molecule has 0 aliphatic heterocycles. The van der Waals surface area contributed by atoms with Crippen molar-refractivity contribution in [1.29, 1.82) is 0 Å². The highest BCUT2D eigenvalue weighted by atomic mass is 16.5. The summed E-state index contributed by atoms with van der Waals surface area (Å²) in [4.78, 5) is 29.0. The first-order chi connectivity index (χ1) is 16.7. The maximum Gasteiger partial charge on any atom is 0.302 e. The average molecular weight is 480 g/mol. The van der Waals surface area contributed by atoms with Crippen LogP contribution in [0.4, 0.5) is 5.69 Å². The highest BCUT2D eigenvalue weighted by Crippen LogP contribution is 2.25. The Kier molecular flexibility index (Phi) is 8.54. The molecule has 0 saturated carbocycles. The second-order valence-corrected chi connectivity index (χ2v) is 8.34. The summed E-state index contributed by atoms with van der Waals surface area (Å²) in [6.45, 7) is 12.5. The number of benzene rings is 2. The first-order valence-electron chi connectivity index (χ1n) is 11.6. The van der Waals surface area contributed by atoms with Gasteiger partial charge in [0.25, 0.3) is 5.56 Å². The van der Waals surface area contributed by atoms with Crippen LogP contribution < -0.4 is 15.6 Å². The lowest BCUT2D eigenvalue weighted by Gasteiger charge is -2.27. The molecule has 8 heteroatoms. The number of anilines is 1. The van der Waals surface area contributed by atoms with Gasteiger partial charge in [0.15, 0.2) is 0 Å². The molecule has 0 aliphatic rings. The highest BCUT2D eigenvalue weighted by molar-refractivity contribution is 5.84. The number of aryl methyl sites for hydroxylation is 2. The molecule has 0 amide bonds. The van der Waals surface area contributed by atoms with Crippen molar-refractivity contribution in [1.82, 2.24) is 9.88 Å². The third-order valence-electron chi connectivity index (χ3n) is 5.81. The topological polar surface area (TPSA) is 104 Å². The van der Waals surface area contributed by atoms with E-state index < -0.39 is 0 Å². The number of carbonyl (C=O) groups is 1. The summed E-state index contributed by atoms with van der Waals surface area (Å²) in [5.74, 6) is 0.989. The molecule has 186 valence electrons. The number of aromatic nitrogens is 1. The Labute approximate surface area is 205 Å². The number of ether oxygens (including phenoxy) is 2. The zero-order valence-electron chi connectivity index (χ0n) is 20.7. The largest absolute Gasteiger partial charge is 0.494 e. The molecule has 0 aliphatic carbocycles. The highest BCUT2D eigenvalue weighted by Gasteiger charge is 2.15. The van der Waals surface area contributed by atoms with Crippen LogP contribution in [0.3, 0.4) is 0 Å². The molecule has 2 aromatic carbocycles. The Morgan fingerprint density at radius 1 is 1.20 bits per heavy atom. The molecule has 3 rings (SSSR count). The average Bonchev–Trinajstić information content (AvgIpc) is 2.81. The lowest BCUT2D eigenvalue weighted by Crippen LogP contribution is -2.31. The minimum Gasteiger partial charge on any atom is -0.494 e. The van der Waals surface area contributed by atoms with Gasteiger partial charge in [-0.3, -0.25) is 9.59 Å². The fraction of sp³-hybridized carbons (Fsp3) is 0.333. The molecule has 0 unspecified atom stereocenters. The zero-order chi connectivity index (χ0) is 25.5. The minimum atomic E-state index is -0.351. The van der Waals surface area contributed by atoms with E-state index in [0.29, 0.717) is 30.1 Å². The fourth-order valence-corrected chi connectivity index (χ4v) is 3.98. The second-order valence-electron chi connectivity index (χ2n) is 8.34. The summed E-state index contributed by atoms with van der Waals surface area (Å²) in [7, 11) is 0. The number of carbonyl (C=O) groups excluding carboxylic acids is 1. The van der Waals surface area contributed by atoms with E-state index in [1.807, 2.05) is 62.1 Å². The number of nitrogens with zero attached hydrogens (tertiary/aromatic N) is 1. The first kappa shape index (κ1) is 25.8. The molecular formula is C27H33N3O5. The maximum atomic E-state index is 13.0.